The maximum atomic E-state index is 11.3. The summed E-state index contributed by atoms with van der Waals surface area (Å²) in [5.41, 5.74) is 1.11. The molecule has 0 saturated carbocycles. The molecule has 23 heavy (non-hydrogen) atoms. The quantitative estimate of drug-likeness (QED) is 0.558. The van der Waals surface area contributed by atoms with Gasteiger partial charge in [-0.1, -0.05) is 12.1 Å². The molecule has 1 aliphatic rings. The second-order valence-corrected chi connectivity index (χ2v) is 5.60. The normalized spacial score (nSPS) is 15.3. The molecule has 0 aliphatic carbocycles. The lowest BCUT2D eigenvalue weighted by molar-refractivity contribution is -0.146. The van der Waals surface area contributed by atoms with E-state index < -0.39 is 5.97 Å². The molecule has 6 heteroatoms. The van der Waals surface area contributed by atoms with E-state index in [9.17, 15) is 9.59 Å². The number of ketones is 1. The minimum Gasteiger partial charge on any atom is -0.495 e. The summed E-state index contributed by atoms with van der Waals surface area (Å²) in [5, 5.41) is 0. The van der Waals surface area contributed by atoms with Gasteiger partial charge in [-0.2, -0.15) is 0 Å². The van der Waals surface area contributed by atoms with Crippen LogP contribution in [0.5, 0.6) is 5.75 Å². The first kappa shape index (κ1) is 17.3. The molecule has 6 nitrogen and oxygen atoms in total. The van der Waals surface area contributed by atoms with Crippen LogP contribution in [0.3, 0.4) is 0 Å². The largest absolute Gasteiger partial charge is 0.495 e. The van der Waals surface area contributed by atoms with Crippen LogP contribution >= 0.6 is 0 Å². The van der Waals surface area contributed by atoms with Gasteiger partial charge in [0.15, 0.2) is 0 Å². The first-order valence-corrected chi connectivity index (χ1v) is 7.85. The van der Waals surface area contributed by atoms with Gasteiger partial charge in [0.05, 0.1) is 12.8 Å². The van der Waals surface area contributed by atoms with Gasteiger partial charge in [0.25, 0.3) is 0 Å². The third-order valence-electron chi connectivity index (χ3n) is 3.86. The molecular formula is C17H24N2O4. The summed E-state index contributed by atoms with van der Waals surface area (Å²) in [5.74, 6) is 0.282. The molecule has 0 unspecified atom stereocenters. The summed E-state index contributed by atoms with van der Waals surface area (Å²) in [7, 11) is 1.68. The van der Waals surface area contributed by atoms with E-state index in [-0.39, 0.29) is 12.2 Å². The number of benzene rings is 1. The molecule has 0 radical (unpaired) electrons. The van der Waals surface area contributed by atoms with E-state index in [2.05, 4.69) is 15.9 Å². The van der Waals surface area contributed by atoms with Gasteiger partial charge in [-0.3, -0.25) is 14.5 Å². The molecule has 0 amide bonds. The van der Waals surface area contributed by atoms with Crippen molar-refractivity contribution >= 4 is 17.4 Å². The Balaban J connectivity index is 1.74. The number of carbonyl (C=O) groups is 2. The van der Waals surface area contributed by atoms with E-state index in [1.807, 2.05) is 18.2 Å². The maximum Gasteiger partial charge on any atom is 0.313 e. The molecule has 1 fully saturated rings. The van der Waals surface area contributed by atoms with Crippen molar-refractivity contribution in [3.63, 3.8) is 0 Å². The van der Waals surface area contributed by atoms with Crippen molar-refractivity contribution in [3.05, 3.63) is 24.3 Å². The number of hydrogen-bond acceptors (Lipinski definition) is 6. The van der Waals surface area contributed by atoms with Crippen molar-refractivity contribution in [2.24, 2.45) is 0 Å². The minimum atomic E-state index is -0.440. The Hall–Kier alpha value is -2.08. The monoisotopic (exact) mass is 320 g/mol. The van der Waals surface area contributed by atoms with E-state index in [0.717, 1.165) is 37.6 Å². The smallest absolute Gasteiger partial charge is 0.313 e. The minimum absolute atomic E-state index is 0.137. The standard InChI is InChI=1S/C17H24N2O4/c1-14(20)13-17(21)23-12-11-18-7-9-19(10-8-18)15-5-3-4-6-16(15)22-2/h3-6H,7-13H2,1-2H3. The summed E-state index contributed by atoms with van der Waals surface area (Å²) in [6.07, 6.45) is -0.137. The van der Waals surface area contributed by atoms with E-state index >= 15 is 0 Å². The van der Waals surface area contributed by atoms with Crippen molar-refractivity contribution in [1.82, 2.24) is 4.90 Å². The number of ether oxygens (including phenoxy) is 2. The Morgan fingerprint density at radius 3 is 2.48 bits per heavy atom. The average molecular weight is 320 g/mol. The van der Waals surface area contributed by atoms with E-state index in [1.54, 1.807) is 7.11 Å². The Labute approximate surface area is 137 Å². The fourth-order valence-electron chi connectivity index (χ4n) is 2.65. The zero-order valence-electron chi connectivity index (χ0n) is 13.8. The molecule has 1 aromatic carbocycles. The van der Waals surface area contributed by atoms with Gasteiger partial charge >= 0.3 is 5.97 Å². The number of rotatable bonds is 7. The number of Topliss-reactive ketones (excluding diaryl/α,β-unsaturated/α-hetero) is 1. The number of anilines is 1. The van der Waals surface area contributed by atoms with Crippen LogP contribution < -0.4 is 9.64 Å². The summed E-state index contributed by atoms with van der Waals surface area (Å²) in [4.78, 5) is 26.7. The first-order valence-electron chi connectivity index (χ1n) is 7.85. The van der Waals surface area contributed by atoms with Gasteiger partial charge in [0.2, 0.25) is 0 Å². The molecule has 2 rings (SSSR count). The third kappa shape index (κ3) is 5.25. The highest BCUT2D eigenvalue weighted by atomic mass is 16.5. The average Bonchev–Trinajstić information content (AvgIpc) is 2.55. The van der Waals surface area contributed by atoms with Gasteiger partial charge in [-0.15, -0.1) is 0 Å². The molecule has 0 aromatic heterocycles. The number of hydrogen-bond donors (Lipinski definition) is 0. The summed E-state index contributed by atoms with van der Waals surface area (Å²) < 4.78 is 10.5. The fraction of sp³-hybridized carbons (Fsp3) is 0.529. The van der Waals surface area contributed by atoms with Crippen LogP contribution in [-0.2, 0) is 14.3 Å². The van der Waals surface area contributed by atoms with Crippen LogP contribution in [-0.4, -0.2) is 63.1 Å². The van der Waals surface area contributed by atoms with Crippen molar-refractivity contribution < 1.29 is 19.1 Å². The second-order valence-electron chi connectivity index (χ2n) is 5.60. The molecule has 1 aromatic rings. The SMILES string of the molecule is COc1ccccc1N1CCN(CCOC(=O)CC(C)=O)CC1. The number of carbonyl (C=O) groups excluding carboxylic acids is 2. The fourth-order valence-corrected chi connectivity index (χ4v) is 2.65. The Bertz CT molecular complexity index is 539. The predicted octanol–water partition coefficient (Wildman–Crippen LogP) is 1.34. The van der Waals surface area contributed by atoms with Gasteiger partial charge in [0, 0.05) is 32.7 Å². The highest BCUT2D eigenvalue weighted by molar-refractivity contribution is 5.94. The van der Waals surface area contributed by atoms with Crippen molar-refractivity contribution in [3.8, 4) is 5.75 Å². The first-order chi connectivity index (χ1) is 11.1. The number of piperazine rings is 1. The number of para-hydroxylation sites is 2. The van der Waals surface area contributed by atoms with Crippen molar-refractivity contribution in [2.45, 2.75) is 13.3 Å². The zero-order valence-corrected chi connectivity index (χ0v) is 13.8. The molecule has 1 heterocycles. The lowest BCUT2D eigenvalue weighted by Crippen LogP contribution is -2.47. The molecule has 0 atom stereocenters. The van der Waals surface area contributed by atoms with Gasteiger partial charge in [0.1, 0.15) is 24.6 Å². The predicted molar refractivity (Wildman–Crippen MR) is 87.9 cm³/mol. The van der Waals surface area contributed by atoms with Crippen LogP contribution in [0.1, 0.15) is 13.3 Å². The Morgan fingerprint density at radius 1 is 1.13 bits per heavy atom. The topological polar surface area (TPSA) is 59.1 Å². The molecule has 1 saturated heterocycles. The van der Waals surface area contributed by atoms with Crippen molar-refractivity contribution in [2.75, 3.05) is 51.3 Å². The zero-order chi connectivity index (χ0) is 16.7. The summed E-state index contributed by atoms with van der Waals surface area (Å²) in [6.45, 7) is 6.04. The summed E-state index contributed by atoms with van der Waals surface area (Å²) >= 11 is 0. The van der Waals surface area contributed by atoms with Crippen LogP contribution in [0.2, 0.25) is 0 Å². The van der Waals surface area contributed by atoms with Crippen LogP contribution in [0.25, 0.3) is 0 Å². The van der Waals surface area contributed by atoms with E-state index in [4.69, 9.17) is 9.47 Å². The van der Waals surface area contributed by atoms with Crippen LogP contribution in [0.15, 0.2) is 24.3 Å². The van der Waals surface area contributed by atoms with E-state index in [0.29, 0.717) is 13.2 Å². The van der Waals surface area contributed by atoms with Crippen LogP contribution in [0.4, 0.5) is 5.69 Å². The molecule has 1 aliphatic heterocycles. The molecule has 0 bridgehead atoms. The maximum absolute atomic E-state index is 11.3. The number of nitrogens with zero attached hydrogens (tertiary/aromatic N) is 2. The Morgan fingerprint density at radius 2 is 1.83 bits per heavy atom. The van der Waals surface area contributed by atoms with E-state index in [1.165, 1.54) is 6.92 Å². The number of esters is 1. The molecule has 0 N–H and O–H groups in total. The highest BCUT2D eigenvalue weighted by Gasteiger charge is 2.19. The second kappa shape index (κ2) is 8.53. The van der Waals surface area contributed by atoms with Crippen LogP contribution in [0, 0.1) is 0 Å². The number of methoxy groups -OCH3 is 1. The molecular weight excluding hydrogens is 296 g/mol. The van der Waals surface area contributed by atoms with Gasteiger partial charge in [-0.25, -0.2) is 0 Å². The molecule has 0 spiro atoms. The third-order valence-corrected chi connectivity index (χ3v) is 3.86. The molecule has 126 valence electrons. The summed E-state index contributed by atoms with van der Waals surface area (Å²) in [6, 6.07) is 8.01. The van der Waals surface area contributed by atoms with Crippen molar-refractivity contribution in [1.29, 1.82) is 0 Å². The van der Waals surface area contributed by atoms with Gasteiger partial charge in [-0.05, 0) is 19.1 Å². The highest BCUT2D eigenvalue weighted by Crippen LogP contribution is 2.28. The lowest BCUT2D eigenvalue weighted by atomic mass is 10.2. The van der Waals surface area contributed by atoms with Gasteiger partial charge < -0.3 is 14.4 Å². The Kier molecular flexibility index (Phi) is 6.40. The lowest BCUT2D eigenvalue weighted by Gasteiger charge is -2.36.